The van der Waals surface area contributed by atoms with E-state index in [1.165, 1.54) is 57.3 Å². The van der Waals surface area contributed by atoms with Crippen LogP contribution in [-0.4, -0.2) is 67.4 Å². The van der Waals surface area contributed by atoms with Crippen molar-refractivity contribution in [1.29, 1.82) is 0 Å². The van der Waals surface area contributed by atoms with Crippen LogP contribution in [0.5, 0.6) is 0 Å². The maximum atomic E-state index is 11.4. The monoisotopic (exact) mass is 369 g/mol. The van der Waals surface area contributed by atoms with E-state index < -0.39 is 0 Å². The van der Waals surface area contributed by atoms with E-state index in [1.807, 2.05) is 4.90 Å². The third-order valence-corrected chi connectivity index (χ3v) is 7.74. The van der Waals surface area contributed by atoms with Gasteiger partial charge in [0.1, 0.15) is 0 Å². The van der Waals surface area contributed by atoms with Gasteiger partial charge in [-0.05, 0) is 63.7 Å². The molecule has 2 aliphatic heterocycles. The SMILES string of the molecule is CC(=O)N1CC(CN2CCC3(CCC(c4ccccc4)(N(C)C)CC3)C2)C1. The van der Waals surface area contributed by atoms with E-state index in [4.69, 9.17) is 0 Å². The number of hydrogen-bond donors (Lipinski definition) is 0. The molecule has 0 bridgehead atoms. The molecule has 2 saturated heterocycles. The molecule has 1 aromatic carbocycles. The van der Waals surface area contributed by atoms with Crippen molar-refractivity contribution in [3.05, 3.63) is 35.9 Å². The normalized spacial score (nSPS) is 32.2. The first-order valence-electron chi connectivity index (χ1n) is 10.6. The summed E-state index contributed by atoms with van der Waals surface area (Å²) < 4.78 is 0. The average Bonchev–Trinajstić information content (AvgIpc) is 3.01. The molecule has 1 amide bonds. The van der Waals surface area contributed by atoms with Crippen LogP contribution in [0.1, 0.15) is 44.6 Å². The molecular formula is C23H35N3O. The van der Waals surface area contributed by atoms with Gasteiger partial charge in [-0.2, -0.15) is 0 Å². The van der Waals surface area contributed by atoms with Crippen LogP contribution >= 0.6 is 0 Å². The van der Waals surface area contributed by atoms with Crippen molar-refractivity contribution >= 4 is 5.91 Å². The summed E-state index contributed by atoms with van der Waals surface area (Å²) in [5.41, 5.74) is 2.22. The van der Waals surface area contributed by atoms with E-state index in [9.17, 15) is 4.79 Å². The number of amides is 1. The van der Waals surface area contributed by atoms with Gasteiger partial charge in [0.2, 0.25) is 5.91 Å². The molecular weight excluding hydrogens is 334 g/mol. The summed E-state index contributed by atoms with van der Waals surface area (Å²) in [7, 11) is 4.51. The Morgan fingerprint density at radius 3 is 2.33 bits per heavy atom. The molecule has 3 aliphatic rings. The zero-order valence-corrected chi connectivity index (χ0v) is 17.3. The van der Waals surface area contributed by atoms with Gasteiger partial charge in [-0.15, -0.1) is 0 Å². The highest BCUT2D eigenvalue weighted by molar-refractivity contribution is 5.74. The first-order chi connectivity index (χ1) is 12.9. The van der Waals surface area contributed by atoms with Gasteiger partial charge in [0, 0.05) is 44.6 Å². The maximum Gasteiger partial charge on any atom is 0.219 e. The van der Waals surface area contributed by atoms with Crippen molar-refractivity contribution in [2.75, 3.05) is 46.8 Å². The molecule has 1 aromatic rings. The number of nitrogens with zero attached hydrogens (tertiary/aromatic N) is 3. The first kappa shape index (κ1) is 18.9. The lowest BCUT2D eigenvalue weighted by molar-refractivity contribution is -0.135. The standard InChI is InChI=1S/C23H35N3O/c1-19(27)26-16-20(17-26)15-25-14-13-22(18-25)9-11-23(12-10-22,24(2)3)21-7-5-4-6-8-21/h4-8,20H,9-18H2,1-3H3. The van der Waals surface area contributed by atoms with Crippen LogP contribution in [-0.2, 0) is 10.3 Å². The molecule has 1 spiro atoms. The Labute approximate surface area is 164 Å². The smallest absolute Gasteiger partial charge is 0.219 e. The van der Waals surface area contributed by atoms with E-state index in [-0.39, 0.29) is 11.4 Å². The van der Waals surface area contributed by atoms with Crippen molar-refractivity contribution in [2.45, 2.75) is 44.6 Å². The van der Waals surface area contributed by atoms with E-state index in [0.29, 0.717) is 11.3 Å². The van der Waals surface area contributed by atoms with Crippen LogP contribution in [0.25, 0.3) is 0 Å². The first-order valence-corrected chi connectivity index (χ1v) is 10.6. The van der Waals surface area contributed by atoms with Crippen molar-refractivity contribution in [3.8, 4) is 0 Å². The molecule has 1 aliphatic carbocycles. The number of benzene rings is 1. The van der Waals surface area contributed by atoms with Gasteiger partial charge in [0.05, 0.1) is 0 Å². The molecule has 148 valence electrons. The fourth-order valence-electron chi connectivity index (χ4n) is 5.84. The van der Waals surface area contributed by atoms with Crippen LogP contribution in [0, 0.1) is 11.3 Å². The summed E-state index contributed by atoms with van der Waals surface area (Å²) in [6.07, 6.45) is 6.55. The third kappa shape index (κ3) is 3.54. The second kappa shape index (κ2) is 7.21. The molecule has 27 heavy (non-hydrogen) atoms. The Hall–Kier alpha value is -1.39. The summed E-state index contributed by atoms with van der Waals surface area (Å²) in [6, 6.07) is 11.1. The molecule has 1 saturated carbocycles. The number of rotatable bonds is 4. The number of hydrogen-bond acceptors (Lipinski definition) is 3. The molecule has 4 rings (SSSR count). The second-order valence-electron chi connectivity index (χ2n) is 9.57. The van der Waals surface area contributed by atoms with Gasteiger partial charge in [-0.3, -0.25) is 9.69 Å². The molecule has 2 heterocycles. The van der Waals surface area contributed by atoms with E-state index in [2.05, 4.69) is 54.2 Å². The highest BCUT2D eigenvalue weighted by atomic mass is 16.2. The summed E-state index contributed by atoms with van der Waals surface area (Å²) >= 11 is 0. The Balaban J connectivity index is 1.35. The van der Waals surface area contributed by atoms with Gasteiger partial charge < -0.3 is 9.80 Å². The molecule has 0 radical (unpaired) electrons. The lowest BCUT2D eigenvalue weighted by atomic mass is 9.64. The summed E-state index contributed by atoms with van der Waals surface area (Å²) in [4.78, 5) is 18.5. The molecule has 0 N–H and O–H groups in total. The van der Waals surface area contributed by atoms with Crippen LogP contribution in [0.4, 0.5) is 0 Å². The summed E-state index contributed by atoms with van der Waals surface area (Å²) in [6.45, 7) is 7.32. The van der Waals surface area contributed by atoms with Crippen LogP contribution in [0.3, 0.4) is 0 Å². The second-order valence-corrected chi connectivity index (χ2v) is 9.57. The fourth-order valence-corrected chi connectivity index (χ4v) is 5.84. The number of likely N-dealkylation sites (tertiary alicyclic amines) is 2. The molecule has 3 fully saturated rings. The third-order valence-electron chi connectivity index (χ3n) is 7.74. The Morgan fingerprint density at radius 2 is 1.74 bits per heavy atom. The summed E-state index contributed by atoms with van der Waals surface area (Å²) in [5, 5.41) is 0. The molecule has 0 atom stereocenters. The Bertz CT molecular complexity index is 657. The van der Waals surface area contributed by atoms with Gasteiger partial charge >= 0.3 is 0 Å². The van der Waals surface area contributed by atoms with Gasteiger partial charge in [0.15, 0.2) is 0 Å². The molecule has 4 nitrogen and oxygen atoms in total. The maximum absolute atomic E-state index is 11.4. The Kier molecular flexibility index (Phi) is 5.06. The topological polar surface area (TPSA) is 26.8 Å². The van der Waals surface area contributed by atoms with Gasteiger partial charge in [-0.25, -0.2) is 0 Å². The van der Waals surface area contributed by atoms with E-state index >= 15 is 0 Å². The lowest BCUT2D eigenvalue weighted by Gasteiger charge is -2.49. The van der Waals surface area contributed by atoms with Crippen molar-refractivity contribution in [3.63, 3.8) is 0 Å². The van der Waals surface area contributed by atoms with Crippen LogP contribution in [0.15, 0.2) is 30.3 Å². The van der Waals surface area contributed by atoms with Crippen molar-refractivity contribution in [1.82, 2.24) is 14.7 Å². The predicted octanol–water partition coefficient (Wildman–Crippen LogP) is 3.19. The van der Waals surface area contributed by atoms with Crippen molar-refractivity contribution in [2.24, 2.45) is 11.3 Å². The van der Waals surface area contributed by atoms with E-state index in [0.717, 1.165) is 13.1 Å². The minimum absolute atomic E-state index is 0.204. The van der Waals surface area contributed by atoms with Crippen LogP contribution < -0.4 is 0 Å². The molecule has 4 heteroatoms. The zero-order chi connectivity index (χ0) is 19.1. The zero-order valence-electron chi connectivity index (χ0n) is 17.3. The number of carbonyl (C=O) groups excluding carboxylic acids is 1. The molecule has 0 unspecified atom stereocenters. The van der Waals surface area contributed by atoms with Gasteiger partial charge in [-0.1, -0.05) is 30.3 Å². The fraction of sp³-hybridized carbons (Fsp3) is 0.696. The summed E-state index contributed by atoms with van der Waals surface area (Å²) in [5.74, 6) is 0.926. The largest absolute Gasteiger partial charge is 0.342 e. The number of carbonyl (C=O) groups is 1. The molecule has 0 aromatic heterocycles. The average molecular weight is 370 g/mol. The van der Waals surface area contributed by atoms with Crippen LogP contribution in [0.2, 0.25) is 0 Å². The Morgan fingerprint density at radius 1 is 1.07 bits per heavy atom. The minimum atomic E-state index is 0.204. The quantitative estimate of drug-likeness (QED) is 0.815. The highest BCUT2D eigenvalue weighted by Crippen LogP contribution is 2.51. The minimum Gasteiger partial charge on any atom is -0.342 e. The lowest BCUT2D eigenvalue weighted by Crippen LogP contribution is -2.53. The highest BCUT2D eigenvalue weighted by Gasteiger charge is 2.48. The van der Waals surface area contributed by atoms with E-state index in [1.54, 1.807) is 6.92 Å². The van der Waals surface area contributed by atoms with Crippen molar-refractivity contribution < 1.29 is 4.79 Å². The predicted molar refractivity (Wildman–Crippen MR) is 110 cm³/mol. The van der Waals surface area contributed by atoms with Gasteiger partial charge in [0.25, 0.3) is 0 Å².